The molecule has 1 N–H and O–H groups in total. The van der Waals surface area contributed by atoms with Crippen LogP contribution in [0, 0.1) is 0 Å². The minimum Gasteiger partial charge on any atom is -0.367 e. The van der Waals surface area contributed by atoms with Crippen LogP contribution in [-0.2, 0) is 0 Å². The fourth-order valence-corrected chi connectivity index (χ4v) is 3.55. The number of pyridine rings is 1. The maximum atomic E-state index is 4.62. The van der Waals surface area contributed by atoms with Gasteiger partial charge in [-0.1, -0.05) is 25.8 Å². The summed E-state index contributed by atoms with van der Waals surface area (Å²) in [6.45, 7) is 4.64. The average molecular weight is 259 g/mol. The molecule has 1 saturated carbocycles. The highest BCUT2D eigenvalue weighted by atomic mass is 15.2. The molecule has 1 saturated heterocycles. The van der Waals surface area contributed by atoms with E-state index in [9.17, 15) is 0 Å². The lowest BCUT2D eigenvalue weighted by Crippen LogP contribution is -2.22. The van der Waals surface area contributed by atoms with Crippen LogP contribution in [0.4, 0.5) is 5.82 Å². The van der Waals surface area contributed by atoms with Gasteiger partial charge >= 0.3 is 0 Å². The van der Waals surface area contributed by atoms with Gasteiger partial charge in [0.2, 0.25) is 0 Å². The van der Waals surface area contributed by atoms with Crippen molar-refractivity contribution in [3.8, 4) is 0 Å². The molecule has 0 radical (unpaired) electrons. The van der Waals surface area contributed by atoms with Crippen LogP contribution in [0.3, 0.4) is 0 Å². The van der Waals surface area contributed by atoms with Gasteiger partial charge in [0.25, 0.3) is 0 Å². The Labute approximate surface area is 116 Å². The summed E-state index contributed by atoms with van der Waals surface area (Å²) in [6.07, 6.45) is 10.0. The summed E-state index contributed by atoms with van der Waals surface area (Å²) < 4.78 is 0. The number of anilines is 1. The summed E-state index contributed by atoms with van der Waals surface area (Å²) in [5, 5.41) is 3.56. The van der Waals surface area contributed by atoms with Crippen molar-refractivity contribution in [3.63, 3.8) is 0 Å². The Morgan fingerprint density at radius 2 is 2.05 bits per heavy atom. The molecule has 1 aliphatic carbocycles. The molecule has 0 aromatic carbocycles. The Morgan fingerprint density at radius 1 is 1.21 bits per heavy atom. The summed E-state index contributed by atoms with van der Waals surface area (Å²) in [5.41, 5.74) is 1.39. The average Bonchev–Trinajstić information content (AvgIpc) is 3.10. The molecular formula is C16H25N3. The molecule has 0 amide bonds. The van der Waals surface area contributed by atoms with Gasteiger partial charge in [-0.15, -0.1) is 0 Å². The molecule has 1 aromatic heterocycles. The van der Waals surface area contributed by atoms with Crippen LogP contribution in [-0.4, -0.2) is 29.0 Å². The quantitative estimate of drug-likeness (QED) is 0.895. The molecule has 19 heavy (non-hydrogen) atoms. The molecule has 1 unspecified atom stereocenters. The van der Waals surface area contributed by atoms with E-state index in [1.807, 2.05) is 0 Å². The maximum Gasteiger partial charge on any atom is 0.126 e. The van der Waals surface area contributed by atoms with Gasteiger partial charge in [-0.05, 0) is 50.4 Å². The Balaban J connectivity index is 1.64. The third kappa shape index (κ3) is 2.92. The lowest BCUT2D eigenvalue weighted by atomic mass is 10.1. The van der Waals surface area contributed by atoms with Crippen molar-refractivity contribution in [1.29, 1.82) is 0 Å². The van der Waals surface area contributed by atoms with Gasteiger partial charge in [-0.2, -0.15) is 0 Å². The van der Waals surface area contributed by atoms with E-state index in [0.717, 1.165) is 12.4 Å². The standard InChI is InChI=1S/C16H25N3/c1-2-19-11-5-8-15(19)13-9-10-16(17-12-13)18-14-6-3-4-7-14/h9-10,12,14-15H,2-8,11H2,1H3,(H,17,18). The van der Waals surface area contributed by atoms with Crippen LogP contribution in [0.5, 0.6) is 0 Å². The van der Waals surface area contributed by atoms with Crippen molar-refractivity contribution in [2.45, 2.75) is 57.5 Å². The van der Waals surface area contributed by atoms with Crippen molar-refractivity contribution < 1.29 is 0 Å². The normalized spacial score (nSPS) is 25.0. The van der Waals surface area contributed by atoms with Gasteiger partial charge in [0.1, 0.15) is 5.82 Å². The molecule has 1 aromatic rings. The molecule has 3 heteroatoms. The molecular weight excluding hydrogens is 234 g/mol. The molecule has 0 spiro atoms. The fraction of sp³-hybridized carbons (Fsp3) is 0.688. The number of aromatic nitrogens is 1. The first-order valence-electron chi connectivity index (χ1n) is 7.83. The first-order chi connectivity index (χ1) is 9.36. The second-order valence-corrected chi connectivity index (χ2v) is 5.89. The third-order valence-electron chi connectivity index (χ3n) is 4.65. The minimum absolute atomic E-state index is 0.595. The van der Waals surface area contributed by atoms with E-state index >= 15 is 0 Å². The number of hydrogen-bond acceptors (Lipinski definition) is 3. The van der Waals surface area contributed by atoms with Crippen LogP contribution in [0.25, 0.3) is 0 Å². The highest BCUT2D eigenvalue weighted by molar-refractivity contribution is 5.37. The van der Waals surface area contributed by atoms with E-state index in [0.29, 0.717) is 12.1 Å². The molecule has 2 aliphatic rings. The number of likely N-dealkylation sites (tertiary alicyclic amines) is 1. The highest BCUT2D eigenvalue weighted by Gasteiger charge is 2.24. The van der Waals surface area contributed by atoms with E-state index < -0.39 is 0 Å². The first-order valence-corrected chi connectivity index (χ1v) is 7.83. The number of nitrogens with zero attached hydrogens (tertiary/aromatic N) is 2. The van der Waals surface area contributed by atoms with Crippen LogP contribution >= 0.6 is 0 Å². The lowest BCUT2D eigenvalue weighted by molar-refractivity contribution is 0.271. The summed E-state index contributed by atoms with van der Waals surface area (Å²) in [5.74, 6) is 1.05. The molecule has 1 atom stereocenters. The fourth-order valence-electron chi connectivity index (χ4n) is 3.55. The SMILES string of the molecule is CCN1CCCC1c1ccc(NC2CCCC2)nc1. The van der Waals surface area contributed by atoms with Gasteiger partial charge in [0.15, 0.2) is 0 Å². The molecule has 3 rings (SSSR count). The van der Waals surface area contributed by atoms with Crippen molar-refractivity contribution in [1.82, 2.24) is 9.88 Å². The Morgan fingerprint density at radius 3 is 2.74 bits per heavy atom. The zero-order valence-corrected chi connectivity index (χ0v) is 11.9. The van der Waals surface area contributed by atoms with Crippen LogP contribution in [0.1, 0.15) is 57.1 Å². The minimum atomic E-state index is 0.595. The molecule has 0 bridgehead atoms. The van der Waals surface area contributed by atoms with Crippen molar-refractivity contribution >= 4 is 5.82 Å². The van der Waals surface area contributed by atoms with Crippen molar-refractivity contribution in [3.05, 3.63) is 23.9 Å². The van der Waals surface area contributed by atoms with Crippen LogP contribution in [0.2, 0.25) is 0 Å². The van der Waals surface area contributed by atoms with Gasteiger partial charge in [-0.3, -0.25) is 4.90 Å². The van der Waals surface area contributed by atoms with Crippen molar-refractivity contribution in [2.24, 2.45) is 0 Å². The van der Waals surface area contributed by atoms with Crippen molar-refractivity contribution in [2.75, 3.05) is 18.4 Å². The predicted octanol–water partition coefficient (Wildman–Crippen LogP) is 3.59. The third-order valence-corrected chi connectivity index (χ3v) is 4.65. The van der Waals surface area contributed by atoms with Gasteiger partial charge in [-0.25, -0.2) is 4.98 Å². The second-order valence-electron chi connectivity index (χ2n) is 5.89. The van der Waals surface area contributed by atoms with E-state index in [1.165, 1.54) is 50.6 Å². The molecule has 2 heterocycles. The monoisotopic (exact) mass is 259 g/mol. The Kier molecular flexibility index (Phi) is 4.02. The smallest absolute Gasteiger partial charge is 0.126 e. The second kappa shape index (κ2) is 5.91. The van der Waals surface area contributed by atoms with Crippen LogP contribution in [0.15, 0.2) is 18.3 Å². The zero-order chi connectivity index (χ0) is 13.1. The lowest BCUT2D eigenvalue weighted by Gasteiger charge is -2.23. The molecule has 104 valence electrons. The van der Waals surface area contributed by atoms with Gasteiger partial charge < -0.3 is 5.32 Å². The number of nitrogens with one attached hydrogen (secondary N) is 1. The van der Waals surface area contributed by atoms with E-state index in [1.54, 1.807) is 0 Å². The number of hydrogen-bond donors (Lipinski definition) is 1. The molecule has 1 aliphatic heterocycles. The molecule has 2 fully saturated rings. The summed E-state index contributed by atoms with van der Waals surface area (Å²) in [6, 6.07) is 5.68. The molecule has 3 nitrogen and oxygen atoms in total. The maximum absolute atomic E-state index is 4.62. The highest BCUT2D eigenvalue weighted by Crippen LogP contribution is 2.31. The van der Waals surface area contributed by atoms with E-state index in [2.05, 4.69) is 40.5 Å². The Hall–Kier alpha value is -1.09. The topological polar surface area (TPSA) is 28.2 Å². The summed E-state index contributed by atoms with van der Waals surface area (Å²) in [4.78, 5) is 7.17. The summed E-state index contributed by atoms with van der Waals surface area (Å²) >= 11 is 0. The first kappa shape index (κ1) is 12.9. The van der Waals surface area contributed by atoms with Gasteiger partial charge in [0.05, 0.1) is 0 Å². The van der Waals surface area contributed by atoms with Crippen LogP contribution < -0.4 is 5.32 Å². The predicted molar refractivity (Wildman–Crippen MR) is 79.3 cm³/mol. The Bertz CT molecular complexity index is 395. The van der Waals surface area contributed by atoms with Gasteiger partial charge in [0, 0.05) is 18.3 Å². The van der Waals surface area contributed by atoms with E-state index in [4.69, 9.17) is 0 Å². The zero-order valence-electron chi connectivity index (χ0n) is 11.9. The largest absolute Gasteiger partial charge is 0.367 e. The number of rotatable bonds is 4. The summed E-state index contributed by atoms with van der Waals surface area (Å²) in [7, 11) is 0. The van der Waals surface area contributed by atoms with E-state index in [-0.39, 0.29) is 0 Å².